The lowest BCUT2D eigenvalue weighted by Crippen LogP contribution is -2.13. The molecule has 7 heteroatoms. The molecular weight excluding hydrogens is 356 g/mol. The van der Waals surface area contributed by atoms with Gasteiger partial charge in [-0.3, -0.25) is 4.79 Å². The molecule has 0 fully saturated rings. The summed E-state index contributed by atoms with van der Waals surface area (Å²) in [5.41, 5.74) is 2.66. The van der Waals surface area contributed by atoms with Gasteiger partial charge in [0.25, 0.3) is 5.91 Å². The highest BCUT2D eigenvalue weighted by Gasteiger charge is 2.16. The van der Waals surface area contributed by atoms with Crippen molar-refractivity contribution < 1.29 is 14.3 Å². The van der Waals surface area contributed by atoms with Crippen molar-refractivity contribution in [2.75, 3.05) is 17.4 Å². The molecule has 3 aromatic rings. The molecule has 1 amide bonds. The molecule has 0 bridgehead atoms. The van der Waals surface area contributed by atoms with Gasteiger partial charge < -0.3 is 20.1 Å². The van der Waals surface area contributed by atoms with Crippen LogP contribution in [0.25, 0.3) is 0 Å². The lowest BCUT2D eigenvalue weighted by atomic mass is 10.0. The number of anilines is 3. The number of ether oxygens (including phenoxy) is 2. The summed E-state index contributed by atoms with van der Waals surface area (Å²) in [5, 5.41) is 14.1. The van der Waals surface area contributed by atoms with Crippen molar-refractivity contribution in [3.63, 3.8) is 0 Å². The van der Waals surface area contributed by atoms with Crippen LogP contribution in [0.15, 0.2) is 54.6 Å². The molecule has 1 aliphatic rings. The molecule has 0 unspecified atom stereocenters. The molecule has 2 N–H and O–H groups in total. The Morgan fingerprint density at radius 2 is 1.64 bits per heavy atom. The summed E-state index contributed by atoms with van der Waals surface area (Å²) in [6.45, 7) is 4.48. The second kappa shape index (κ2) is 7.56. The lowest BCUT2D eigenvalue weighted by molar-refractivity contribution is 0.102. The molecule has 0 atom stereocenters. The third kappa shape index (κ3) is 3.88. The zero-order chi connectivity index (χ0) is 19.5. The van der Waals surface area contributed by atoms with E-state index in [-0.39, 0.29) is 12.7 Å². The fourth-order valence-corrected chi connectivity index (χ4v) is 2.79. The Balaban J connectivity index is 1.39. The monoisotopic (exact) mass is 376 g/mol. The zero-order valence-electron chi connectivity index (χ0n) is 15.6. The third-order valence-electron chi connectivity index (χ3n) is 4.39. The smallest absolute Gasteiger partial charge is 0.257 e. The van der Waals surface area contributed by atoms with Gasteiger partial charge >= 0.3 is 0 Å². The Labute approximate surface area is 162 Å². The number of hydrogen-bond acceptors (Lipinski definition) is 6. The number of carbonyl (C=O) groups is 1. The maximum absolute atomic E-state index is 12.4. The molecule has 0 saturated heterocycles. The van der Waals surface area contributed by atoms with Gasteiger partial charge in [-0.1, -0.05) is 26.0 Å². The second-order valence-corrected chi connectivity index (χ2v) is 6.73. The highest BCUT2D eigenvalue weighted by Crippen LogP contribution is 2.32. The SMILES string of the molecule is CC(C)c1ccc(Nc2ccc(NC(=O)c3ccc4c(c3)OCO4)nn2)cc1. The van der Waals surface area contributed by atoms with Crippen molar-refractivity contribution in [3.05, 3.63) is 65.7 Å². The Bertz CT molecular complexity index is 986. The van der Waals surface area contributed by atoms with Crippen molar-refractivity contribution in [2.45, 2.75) is 19.8 Å². The molecule has 4 rings (SSSR count). The summed E-state index contributed by atoms with van der Waals surface area (Å²) in [6, 6.07) is 16.7. The summed E-state index contributed by atoms with van der Waals surface area (Å²) in [5.74, 6) is 2.34. The Kier molecular flexibility index (Phi) is 4.80. The van der Waals surface area contributed by atoms with Crippen LogP contribution in [0.5, 0.6) is 11.5 Å². The van der Waals surface area contributed by atoms with E-state index in [0.717, 1.165) is 5.69 Å². The van der Waals surface area contributed by atoms with Crippen LogP contribution >= 0.6 is 0 Å². The molecule has 1 aliphatic heterocycles. The normalized spacial score (nSPS) is 12.1. The first kappa shape index (κ1) is 17.8. The average Bonchev–Trinajstić information content (AvgIpc) is 3.17. The van der Waals surface area contributed by atoms with Crippen LogP contribution in [0.2, 0.25) is 0 Å². The van der Waals surface area contributed by atoms with E-state index in [4.69, 9.17) is 9.47 Å². The first-order valence-electron chi connectivity index (χ1n) is 9.00. The highest BCUT2D eigenvalue weighted by molar-refractivity contribution is 6.04. The summed E-state index contributed by atoms with van der Waals surface area (Å²) in [6.07, 6.45) is 0. The molecule has 0 saturated carbocycles. The Hall–Kier alpha value is -3.61. The fraction of sp³-hybridized carbons (Fsp3) is 0.190. The van der Waals surface area contributed by atoms with Gasteiger partial charge in [-0.05, 0) is 53.9 Å². The van der Waals surface area contributed by atoms with Crippen molar-refractivity contribution >= 4 is 23.2 Å². The fourth-order valence-electron chi connectivity index (χ4n) is 2.79. The van der Waals surface area contributed by atoms with Gasteiger partial charge in [0.2, 0.25) is 6.79 Å². The molecule has 2 aromatic carbocycles. The summed E-state index contributed by atoms with van der Waals surface area (Å²) < 4.78 is 10.5. The number of carbonyl (C=O) groups excluding carboxylic acids is 1. The van der Waals surface area contributed by atoms with Crippen molar-refractivity contribution in [2.24, 2.45) is 0 Å². The van der Waals surface area contributed by atoms with Gasteiger partial charge in [-0.2, -0.15) is 0 Å². The quantitative estimate of drug-likeness (QED) is 0.690. The van der Waals surface area contributed by atoms with Crippen LogP contribution in [-0.2, 0) is 0 Å². The minimum Gasteiger partial charge on any atom is -0.454 e. The van der Waals surface area contributed by atoms with Crippen LogP contribution in [-0.4, -0.2) is 22.9 Å². The highest BCUT2D eigenvalue weighted by atomic mass is 16.7. The van der Waals surface area contributed by atoms with Gasteiger partial charge in [0.1, 0.15) is 0 Å². The number of nitrogens with one attached hydrogen (secondary N) is 2. The Morgan fingerprint density at radius 1 is 0.929 bits per heavy atom. The first-order chi connectivity index (χ1) is 13.6. The van der Waals surface area contributed by atoms with E-state index in [1.807, 2.05) is 12.1 Å². The zero-order valence-corrected chi connectivity index (χ0v) is 15.6. The minimum atomic E-state index is -0.294. The summed E-state index contributed by atoms with van der Waals surface area (Å²) in [4.78, 5) is 12.4. The van der Waals surface area contributed by atoms with E-state index in [2.05, 4.69) is 46.8 Å². The van der Waals surface area contributed by atoms with Crippen LogP contribution in [0.4, 0.5) is 17.3 Å². The van der Waals surface area contributed by atoms with Crippen molar-refractivity contribution in [1.29, 1.82) is 0 Å². The van der Waals surface area contributed by atoms with Gasteiger partial charge in [-0.15, -0.1) is 10.2 Å². The predicted octanol–water partition coefficient (Wildman–Crippen LogP) is 4.32. The van der Waals surface area contributed by atoms with Crippen LogP contribution in [0.3, 0.4) is 0 Å². The van der Waals surface area contributed by atoms with Crippen molar-refractivity contribution in [1.82, 2.24) is 10.2 Å². The maximum Gasteiger partial charge on any atom is 0.257 e. The van der Waals surface area contributed by atoms with Gasteiger partial charge in [-0.25, -0.2) is 0 Å². The van der Waals surface area contributed by atoms with Crippen LogP contribution in [0, 0.1) is 0 Å². The van der Waals surface area contributed by atoms with Gasteiger partial charge in [0.05, 0.1) is 0 Å². The number of benzene rings is 2. The average molecular weight is 376 g/mol. The standard InChI is InChI=1S/C21H20N4O3/c1-13(2)14-3-6-16(7-4-14)22-19-9-10-20(25-24-19)23-21(26)15-5-8-17-18(11-15)28-12-27-17/h3-11,13H,12H2,1-2H3,(H,22,24)(H,23,25,26). The second-order valence-electron chi connectivity index (χ2n) is 6.73. The molecule has 0 radical (unpaired) electrons. The predicted molar refractivity (Wildman–Crippen MR) is 106 cm³/mol. The maximum atomic E-state index is 12.4. The Morgan fingerprint density at radius 3 is 2.36 bits per heavy atom. The number of hydrogen-bond donors (Lipinski definition) is 2. The van der Waals surface area contributed by atoms with E-state index >= 15 is 0 Å². The number of fused-ring (bicyclic) bond motifs is 1. The summed E-state index contributed by atoms with van der Waals surface area (Å²) in [7, 11) is 0. The number of aromatic nitrogens is 2. The molecule has 0 aliphatic carbocycles. The minimum absolute atomic E-state index is 0.167. The molecule has 0 spiro atoms. The molecular formula is C21H20N4O3. The van der Waals surface area contributed by atoms with Crippen molar-refractivity contribution in [3.8, 4) is 11.5 Å². The molecule has 2 heterocycles. The van der Waals surface area contributed by atoms with E-state index < -0.39 is 0 Å². The third-order valence-corrected chi connectivity index (χ3v) is 4.39. The van der Waals surface area contributed by atoms with E-state index in [0.29, 0.717) is 34.6 Å². The largest absolute Gasteiger partial charge is 0.454 e. The molecule has 142 valence electrons. The lowest BCUT2D eigenvalue weighted by Gasteiger charge is -2.09. The number of amides is 1. The first-order valence-corrected chi connectivity index (χ1v) is 9.00. The van der Waals surface area contributed by atoms with Gasteiger partial charge in [0.15, 0.2) is 23.1 Å². The van der Waals surface area contributed by atoms with Crippen LogP contribution < -0.4 is 20.1 Å². The molecule has 1 aromatic heterocycles. The molecule has 7 nitrogen and oxygen atoms in total. The van der Waals surface area contributed by atoms with E-state index in [1.165, 1.54) is 5.56 Å². The number of rotatable bonds is 5. The van der Waals surface area contributed by atoms with Gasteiger partial charge in [0, 0.05) is 11.3 Å². The number of nitrogens with zero attached hydrogens (tertiary/aromatic N) is 2. The van der Waals surface area contributed by atoms with E-state index in [1.54, 1.807) is 30.3 Å². The topological polar surface area (TPSA) is 85.4 Å². The van der Waals surface area contributed by atoms with Crippen LogP contribution in [0.1, 0.15) is 35.7 Å². The molecule has 28 heavy (non-hydrogen) atoms. The summed E-state index contributed by atoms with van der Waals surface area (Å²) >= 11 is 0. The van der Waals surface area contributed by atoms with E-state index in [9.17, 15) is 4.79 Å².